The molecule has 4 aromatic carbocycles. The van der Waals surface area contributed by atoms with E-state index in [0.29, 0.717) is 0 Å². The maximum atomic E-state index is 3.39. The molecule has 1 aromatic heterocycles. The van der Waals surface area contributed by atoms with Crippen LogP contribution in [0.5, 0.6) is 0 Å². The lowest BCUT2D eigenvalue weighted by Crippen LogP contribution is -2.05. The number of para-hydroxylation sites is 2. The van der Waals surface area contributed by atoms with Crippen LogP contribution in [0.1, 0.15) is 28.8 Å². The third kappa shape index (κ3) is 3.34. The summed E-state index contributed by atoms with van der Waals surface area (Å²) in [5.74, 6) is 0. The van der Waals surface area contributed by atoms with Crippen molar-refractivity contribution >= 4 is 28.2 Å². The summed E-state index contributed by atoms with van der Waals surface area (Å²) >= 11 is 0. The van der Waals surface area contributed by atoms with Crippen LogP contribution < -0.4 is 5.32 Å². The van der Waals surface area contributed by atoms with Crippen molar-refractivity contribution in [3.63, 3.8) is 0 Å². The molecule has 1 N–H and O–H groups in total. The minimum absolute atomic E-state index is 1.03. The smallest absolute Gasteiger partial charge is 0.0537 e. The summed E-state index contributed by atoms with van der Waals surface area (Å²) in [6.45, 7) is 2.19. The third-order valence-corrected chi connectivity index (χ3v) is 7.07. The molecule has 0 spiro atoms. The van der Waals surface area contributed by atoms with Crippen LogP contribution >= 0.6 is 0 Å². The molecule has 2 nitrogen and oxygen atoms in total. The van der Waals surface area contributed by atoms with Crippen LogP contribution in [0.4, 0.5) is 5.69 Å². The van der Waals surface area contributed by atoms with Crippen molar-refractivity contribution < 1.29 is 0 Å². The Balaban J connectivity index is 1.52. The predicted molar refractivity (Wildman–Crippen MR) is 146 cm³/mol. The monoisotopic (exact) mass is 440 g/mol. The van der Waals surface area contributed by atoms with Gasteiger partial charge in [-0.2, -0.15) is 0 Å². The average molecular weight is 441 g/mol. The number of anilines is 1. The van der Waals surface area contributed by atoms with Gasteiger partial charge in [0.25, 0.3) is 0 Å². The van der Waals surface area contributed by atoms with Gasteiger partial charge in [-0.1, -0.05) is 66.7 Å². The molecule has 6 rings (SSSR count). The Bertz CT molecular complexity index is 1540. The fourth-order valence-corrected chi connectivity index (χ4v) is 5.38. The molecule has 0 bridgehead atoms. The van der Waals surface area contributed by atoms with E-state index in [1.54, 1.807) is 0 Å². The molecule has 1 aliphatic rings. The minimum Gasteiger partial charge on any atom is -0.388 e. The fraction of sp³-hybridized carbons (Fsp3) is 0.125. The molecule has 34 heavy (non-hydrogen) atoms. The Morgan fingerprint density at radius 1 is 0.735 bits per heavy atom. The Kier molecular flexibility index (Phi) is 5.07. The maximum Gasteiger partial charge on any atom is 0.0537 e. The Labute approximate surface area is 201 Å². The number of hydrogen-bond donors (Lipinski definition) is 1. The van der Waals surface area contributed by atoms with E-state index in [-0.39, 0.29) is 0 Å². The molecular weight excluding hydrogens is 412 g/mol. The first-order valence-electron chi connectivity index (χ1n) is 12.0. The van der Waals surface area contributed by atoms with E-state index in [1.807, 2.05) is 7.05 Å². The Morgan fingerprint density at radius 2 is 1.50 bits per heavy atom. The number of aryl methyl sites for hydroxylation is 1. The van der Waals surface area contributed by atoms with E-state index in [9.17, 15) is 0 Å². The number of nitrogens with one attached hydrogen (secondary N) is 1. The van der Waals surface area contributed by atoms with Gasteiger partial charge in [-0.05, 0) is 78.4 Å². The quantitative estimate of drug-likeness (QED) is 0.298. The second-order valence-corrected chi connectivity index (χ2v) is 9.04. The van der Waals surface area contributed by atoms with Crippen molar-refractivity contribution in [3.8, 4) is 16.8 Å². The van der Waals surface area contributed by atoms with Crippen molar-refractivity contribution in [3.05, 3.63) is 119 Å². The van der Waals surface area contributed by atoms with Gasteiger partial charge in [-0.15, -0.1) is 0 Å². The number of benzene rings is 4. The van der Waals surface area contributed by atoms with Gasteiger partial charge in [0.05, 0.1) is 5.52 Å². The number of rotatable bonds is 4. The summed E-state index contributed by atoms with van der Waals surface area (Å²) in [4.78, 5) is 0. The van der Waals surface area contributed by atoms with Crippen LogP contribution in [-0.2, 0) is 6.42 Å². The number of aromatic nitrogens is 1. The molecule has 0 radical (unpaired) electrons. The molecule has 1 aliphatic carbocycles. The molecule has 0 amide bonds. The highest BCUT2D eigenvalue weighted by molar-refractivity contribution is 5.99. The van der Waals surface area contributed by atoms with Gasteiger partial charge in [-0.25, -0.2) is 0 Å². The maximum absolute atomic E-state index is 3.39. The summed E-state index contributed by atoms with van der Waals surface area (Å²) < 4.78 is 2.45. The van der Waals surface area contributed by atoms with Gasteiger partial charge in [0.15, 0.2) is 0 Å². The second kappa shape index (κ2) is 8.39. The lowest BCUT2D eigenvalue weighted by Gasteiger charge is -2.19. The van der Waals surface area contributed by atoms with Crippen molar-refractivity contribution in [2.75, 3.05) is 12.4 Å². The summed E-state index contributed by atoms with van der Waals surface area (Å²) in [6.07, 6.45) is 4.48. The number of fused-ring (bicyclic) bond motifs is 3. The highest BCUT2D eigenvalue weighted by Crippen LogP contribution is 2.40. The van der Waals surface area contributed by atoms with E-state index >= 15 is 0 Å². The molecule has 166 valence electrons. The number of allylic oxidation sites excluding steroid dienone is 1. The normalized spacial score (nSPS) is 12.9. The first kappa shape index (κ1) is 20.6. The topological polar surface area (TPSA) is 17.0 Å². The molecule has 0 saturated heterocycles. The molecule has 2 heteroatoms. The first-order valence-corrected chi connectivity index (χ1v) is 12.0. The minimum atomic E-state index is 1.03. The molecule has 0 aliphatic heterocycles. The SMILES string of the molecule is CNc1ccc(C2=Cc3c(n(-c4ccccc4)c4ccccc34)CC2)cc1-c1ccccc1C. The van der Waals surface area contributed by atoms with E-state index in [1.165, 1.54) is 55.7 Å². The molecular formula is C32H28N2. The van der Waals surface area contributed by atoms with Gasteiger partial charge in [0.1, 0.15) is 0 Å². The molecule has 0 saturated carbocycles. The highest BCUT2D eigenvalue weighted by Gasteiger charge is 2.22. The standard InChI is InChI=1S/C32H28N2/c1-22-10-6-7-13-26(22)28-20-23(16-18-30(28)33-2)24-17-19-32-29(21-24)27-14-8-9-15-31(27)34(32)25-11-4-3-5-12-25/h3-16,18,20-21,33H,17,19H2,1-2H3. The lowest BCUT2D eigenvalue weighted by molar-refractivity contribution is 0.898. The zero-order chi connectivity index (χ0) is 23.1. The lowest BCUT2D eigenvalue weighted by atomic mass is 9.88. The largest absolute Gasteiger partial charge is 0.388 e. The van der Waals surface area contributed by atoms with Gasteiger partial charge in [-0.3, -0.25) is 0 Å². The summed E-state index contributed by atoms with van der Waals surface area (Å²) in [7, 11) is 2.00. The number of hydrogen-bond acceptors (Lipinski definition) is 1. The first-order chi connectivity index (χ1) is 16.7. The zero-order valence-electron chi connectivity index (χ0n) is 19.7. The van der Waals surface area contributed by atoms with Gasteiger partial charge < -0.3 is 9.88 Å². The molecule has 0 unspecified atom stereocenters. The Morgan fingerprint density at radius 3 is 2.32 bits per heavy atom. The summed E-state index contributed by atoms with van der Waals surface area (Å²) in [6, 6.07) is 35.0. The number of nitrogens with zero attached hydrogens (tertiary/aromatic N) is 1. The molecule has 0 fully saturated rings. The van der Waals surface area contributed by atoms with Crippen molar-refractivity contribution in [1.82, 2.24) is 4.57 Å². The van der Waals surface area contributed by atoms with Crippen LogP contribution in [0, 0.1) is 6.92 Å². The van der Waals surface area contributed by atoms with Gasteiger partial charge in [0, 0.05) is 40.6 Å². The second-order valence-electron chi connectivity index (χ2n) is 9.04. The van der Waals surface area contributed by atoms with Crippen LogP contribution in [0.2, 0.25) is 0 Å². The van der Waals surface area contributed by atoms with E-state index in [2.05, 4.69) is 120 Å². The van der Waals surface area contributed by atoms with Gasteiger partial charge in [0.2, 0.25) is 0 Å². The van der Waals surface area contributed by atoms with Crippen molar-refractivity contribution in [2.24, 2.45) is 0 Å². The highest BCUT2D eigenvalue weighted by atomic mass is 15.0. The van der Waals surface area contributed by atoms with Crippen molar-refractivity contribution in [1.29, 1.82) is 0 Å². The van der Waals surface area contributed by atoms with E-state index < -0.39 is 0 Å². The summed E-state index contributed by atoms with van der Waals surface area (Å²) in [5, 5.41) is 4.71. The van der Waals surface area contributed by atoms with Crippen molar-refractivity contribution in [2.45, 2.75) is 19.8 Å². The van der Waals surface area contributed by atoms with Crippen LogP contribution in [0.15, 0.2) is 97.1 Å². The predicted octanol–water partition coefficient (Wildman–Crippen LogP) is 8.13. The summed E-state index contributed by atoms with van der Waals surface area (Å²) in [5.41, 5.74) is 13.0. The Hall–Kier alpha value is -4.04. The van der Waals surface area contributed by atoms with Gasteiger partial charge >= 0.3 is 0 Å². The average Bonchev–Trinajstić information content (AvgIpc) is 3.23. The molecule has 1 heterocycles. The molecule has 5 aromatic rings. The zero-order valence-corrected chi connectivity index (χ0v) is 19.7. The fourth-order valence-electron chi connectivity index (χ4n) is 5.38. The third-order valence-electron chi connectivity index (χ3n) is 7.07. The van der Waals surface area contributed by atoms with E-state index in [4.69, 9.17) is 0 Å². The van der Waals surface area contributed by atoms with Crippen LogP contribution in [0.25, 0.3) is 39.4 Å². The molecule has 0 atom stereocenters. The van der Waals surface area contributed by atoms with Crippen LogP contribution in [0.3, 0.4) is 0 Å². The van der Waals surface area contributed by atoms with E-state index in [0.717, 1.165) is 18.5 Å². The van der Waals surface area contributed by atoms with Crippen LogP contribution in [-0.4, -0.2) is 11.6 Å².